The van der Waals surface area contributed by atoms with Crippen LogP contribution in [0.1, 0.15) is 11.1 Å². The summed E-state index contributed by atoms with van der Waals surface area (Å²) in [6, 6.07) is 9.44. The summed E-state index contributed by atoms with van der Waals surface area (Å²) >= 11 is 0. The molecule has 1 aromatic carbocycles. The maximum atomic E-state index is 12.6. The van der Waals surface area contributed by atoms with Crippen LogP contribution in [0.3, 0.4) is 0 Å². The van der Waals surface area contributed by atoms with Crippen molar-refractivity contribution in [1.29, 1.82) is 0 Å². The summed E-state index contributed by atoms with van der Waals surface area (Å²) in [5.74, 6) is -0.700. The van der Waals surface area contributed by atoms with Gasteiger partial charge in [-0.3, -0.25) is 9.59 Å². The molecular formula is C15H11F3N2O2. The molecule has 22 heavy (non-hydrogen) atoms. The van der Waals surface area contributed by atoms with E-state index in [0.29, 0.717) is 12.3 Å². The number of hydrogen-bond donors (Lipinski definition) is 2. The topological polar surface area (TPSA) is 62.0 Å². The summed E-state index contributed by atoms with van der Waals surface area (Å²) in [4.78, 5) is 25.1. The lowest BCUT2D eigenvalue weighted by molar-refractivity contribution is -0.137. The maximum Gasteiger partial charge on any atom is 0.417 e. The normalized spacial score (nSPS) is 11.6. The second-order valence-corrected chi connectivity index (χ2v) is 4.36. The minimum absolute atomic E-state index is 0.461. The molecule has 7 heteroatoms. The minimum atomic E-state index is -4.61. The van der Waals surface area contributed by atoms with Gasteiger partial charge in [0.15, 0.2) is 0 Å². The maximum absolute atomic E-state index is 12.6. The van der Waals surface area contributed by atoms with Crippen molar-refractivity contribution in [3.63, 3.8) is 0 Å². The molecule has 0 saturated carbocycles. The second-order valence-electron chi connectivity index (χ2n) is 4.36. The Morgan fingerprint density at radius 1 is 1.18 bits per heavy atom. The fraction of sp³-hybridized carbons (Fsp3) is 0.0667. The number of halogens is 3. The summed E-state index contributed by atoms with van der Waals surface area (Å²) < 4.78 is 37.7. The van der Waals surface area contributed by atoms with Gasteiger partial charge in [0.2, 0.25) is 5.91 Å². The Labute approximate surface area is 123 Å². The Balaban J connectivity index is 2.15. The number of H-pyrrole nitrogens is 1. The van der Waals surface area contributed by atoms with Crippen LogP contribution in [0, 0.1) is 0 Å². The minimum Gasteiger partial charge on any atom is -0.327 e. The number of aromatic nitrogens is 1. The SMILES string of the molecule is O=C(/C=C/c1ccccc1)Nc1cc(C(F)(F)F)c[nH]c1=O. The molecule has 1 heterocycles. The smallest absolute Gasteiger partial charge is 0.327 e. The van der Waals surface area contributed by atoms with Gasteiger partial charge in [-0.05, 0) is 17.7 Å². The van der Waals surface area contributed by atoms with Gasteiger partial charge in [-0.15, -0.1) is 0 Å². The fourth-order valence-corrected chi connectivity index (χ4v) is 1.65. The number of alkyl halides is 3. The van der Waals surface area contributed by atoms with Crippen LogP contribution in [-0.2, 0) is 11.0 Å². The average Bonchev–Trinajstić information content (AvgIpc) is 2.47. The van der Waals surface area contributed by atoms with Crippen molar-refractivity contribution in [1.82, 2.24) is 4.98 Å². The Morgan fingerprint density at radius 3 is 2.50 bits per heavy atom. The molecule has 0 saturated heterocycles. The number of hydrogen-bond acceptors (Lipinski definition) is 2. The molecule has 2 N–H and O–H groups in total. The summed E-state index contributed by atoms with van der Waals surface area (Å²) in [5, 5.41) is 2.12. The van der Waals surface area contributed by atoms with E-state index in [1.54, 1.807) is 30.3 Å². The number of pyridine rings is 1. The van der Waals surface area contributed by atoms with Crippen molar-refractivity contribution in [2.75, 3.05) is 5.32 Å². The molecule has 1 amide bonds. The number of benzene rings is 1. The number of carbonyl (C=O) groups excluding carboxylic acids is 1. The first-order chi connectivity index (χ1) is 10.4. The van der Waals surface area contributed by atoms with Gasteiger partial charge in [0, 0.05) is 12.3 Å². The second kappa shape index (κ2) is 6.30. The van der Waals surface area contributed by atoms with E-state index >= 15 is 0 Å². The van der Waals surface area contributed by atoms with Gasteiger partial charge in [-0.25, -0.2) is 0 Å². The van der Waals surface area contributed by atoms with E-state index in [1.807, 2.05) is 4.98 Å². The predicted octanol–water partition coefficient (Wildman–Crippen LogP) is 3.05. The Kier molecular flexibility index (Phi) is 4.45. The molecule has 2 rings (SSSR count). The van der Waals surface area contributed by atoms with Gasteiger partial charge in [-0.2, -0.15) is 13.2 Å². The number of aromatic amines is 1. The van der Waals surface area contributed by atoms with E-state index < -0.39 is 28.9 Å². The van der Waals surface area contributed by atoms with Gasteiger partial charge in [-0.1, -0.05) is 30.3 Å². The lowest BCUT2D eigenvalue weighted by atomic mass is 10.2. The zero-order valence-electron chi connectivity index (χ0n) is 11.1. The van der Waals surface area contributed by atoms with E-state index in [4.69, 9.17) is 0 Å². The molecule has 0 unspecified atom stereocenters. The number of anilines is 1. The highest BCUT2D eigenvalue weighted by Crippen LogP contribution is 2.29. The molecule has 0 atom stereocenters. The molecule has 0 aliphatic rings. The summed E-state index contributed by atoms with van der Waals surface area (Å²) in [5.41, 5.74) is -1.57. The number of nitrogens with one attached hydrogen (secondary N) is 2. The van der Waals surface area contributed by atoms with Crippen LogP contribution >= 0.6 is 0 Å². The Morgan fingerprint density at radius 2 is 1.86 bits per heavy atom. The molecule has 114 valence electrons. The molecule has 0 aliphatic heterocycles. The number of carbonyl (C=O) groups is 1. The molecule has 2 aromatic rings. The van der Waals surface area contributed by atoms with Crippen LogP contribution in [0.15, 0.2) is 53.5 Å². The van der Waals surface area contributed by atoms with Crippen molar-refractivity contribution in [3.8, 4) is 0 Å². The van der Waals surface area contributed by atoms with Gasteiger partial charge in [0.05, 0.1) is 5.56 Å². The highest BCUT2D eigenvalue weighted by molar-refractivity contribution is 6.01. The standard InChI is InChI=1S/C15H11F3N2O2/c16-15(17,18)11-8-12(14(22)19-9-11)20-13(21)7-6-10-4-2-1-3-5-10/h1-9H,(H,19,22)(H,20,21)/b7-6+. The van der Waals surface area contributed by atoms with Crippen LogP contribution in [0.5, 0.6) is 0 Å². The van der Waals surface area contributed by atoms with Gasteiger partial charge in [0.1, 0.15) is 5.69 Å². The summed E-state index contributed by atoms with van der Waals surface area (Å²) in [6.07, 6.45) is -1.44. The van der Waals surface area contributed by atoms with E-state index in [9.17, 15) is 22.8 Å². The first kappa shape index (κ1) is 15.6. The van der Waals surface area contributed by atoms with Gasteiger partial charge in [0.25, 0.3) is 5.56 Å². The number of rotatable bonds is 3. The quantitative estimate of drug-likeness (QED) is 0.856. The van der Waals surface area contributed by atoms with Gasteiger partial charge >= 0.3 is 6.18 Å². The highest BCUT2D eigenvalue weighted by atomic mass is 19.4. The fourth-order valence-electron chi connectivity index (χ4n) is 1.65. The first-order valence-corrected chi connectivity index (χ1v) is 6.20. The average molecular weight is 308 g/mol. The van der Waals surface area contributed by atoms with E-state index in [-0.39, 0.29) is 0 Å². The van der Waals surface area contributed by atoms with Crippen molar-refractivity contribution in [2.24, 2.45) is 0 Å². The van der Waals surface area contributed by atoms with Crippen molar-refractivity contribution in [3.05, 3.63) is 70.2 Å². The lowest BCUT2D eigenvalue weighted by Crippen LogP contribution is -2.20. The van der Waals surface area contributed by atoms with Crippen LogP contribution in [-0.4, -0.2) is 10.9 Å². The van der Waals surface area contributed by atoms with E-state index in [0.717, 1.165) is 11.6 Å². The summed E-state index contributed by atoms with van der Waals surface area (Å²) in [6.45, 7) is 0. The summed E-state index contributed by atoms with van der Waals surface area (Å²) in [7, 11) is 0. The molecule has 0 bridgehead atoms. The number of amides is 1. The largest absolute Gasteiger partial charge is 0.417 e. The van der Waals surface area contributed by atoms with Crippen LogP contribution in [0.2, 0.25) is 0 Å². The molecule has 1 aromatic heterocycles. The first-order valence-electron chi connectivity index (χ1n) is 6.20. The molecule has 4 nitrogen and oxygen atoms in total. The Bertz CT molecular complexity index is 749. The van der Waals surface area contributed by atoms with Gasteiger partial charge < -0.3 is 10.3 Å². The van der Waals surface area contributed by atoms with Crippen LogP contribution in [0.25, 0.3) is 6.08 Å². The monoisotopic (exact) mass is 308 g/mol. The van der Waals surface area contributed by atoms with Crippen molar-refractivity contribution < 1.29 is 18.0 Å². The molecule has 0 radical (unpaired) electrons. The van der Waals surface area contributed by atoms with Crippen molar-refractivity contribution in [2.45, 2.75) is 6.18 Å². The Hall–Kier alpha value is -2.83. The zero-order chi connectivity index (χ0) is 16.2. The molecular weight excluding hydrogens is 297 g/mol. The third-order valence-corrected chi connectivity index (χ3v) is 2.72. The predicted molar refractivity (Wildman–Crippen MR) is 76.2 cm³/mol. The molecule has 0 spiro atoms. The zero-order valence-corrected chi connectivity index (χ0v) is 11.1. The third kappa shape index (κ3) is 4.08. The molecule has 0 aliphatic carbocycles. The van der Waals surface area contributed by atoms with Crippen LogP contribution in [0.4, 0.5) is 18.9 Å². The van der Waals surface area contributed by atoms with E-state index in [1.165, 1.54) is 6.08 Å². The molecule has 0 fully saturated rings. The van der Waals surface area contributed by atoms with Crippen molar-refractivity contribution >= 4 is 17.7 Å². The highest BCUT2D eigenvalue weighted by Gasteiger charge is 2.31. The third-order valence-electron chi connectivity index (χ3n) is 2.72. The lowest BCUT2D eigenvalue weighted by Gasteiger charge is -2.08. The van der Waals surface area contributed by atoms with Crippen LogP contribution < -0.4 is 10.9 Å². The van der Waals surface area contributed by atoms with E-state index in [2.05, 4.69) is 5.32 Å².